The number of ether oxygens (including phenoxy) is 1. The van der Waals surface area contributed by atoms with Gasteiger partial charge in [-0.1, -0.05) is 5.16 Å². The number of rotatable bonds is 7. The zero-order valence-electron chi connectivity index (χ0n) is 9.91. The van der Waals surface area contributed by atoms with Gasteiger partial charge in [-0.25, -0.2) is 8.78 Å². The lowest BCUT2D eigenvalue weighted by atomic mass is 10.1. The molecule has 0 bridgehead atoms. The van der Waals surface area contributed by atoms with Gasteiger partial charge in [-0.05, 0) is 12.8 Å². The maximum Gasteiger partial charge on any atom is 0.330 e. The van der Waals surface area contributed by atoms with Crippen LogP contribution >= 0.6 is 0 Å². The van der Waals surface area contributed by atoms with E-state index in [0.29, 0.717) is 12.4 Å². The summed E-state index contributed by atoms with van der Waals surface area (Å²) in [7, 11) is 0. The Hall–Kier alpha value is -1.22. The second-order valence-electron chi connectivity index (χ2n) is 4.55. The van der Waals surface area contributed by atoms with E-state index in [1.165, 1.54) is 0 Å². The number of hydrogen-bond acceptors (Lipinski definition) is 5. The molecule has 1 saturated carbocycles. The van der Waals surface area contributed by atoms with Crippen LogP contribution in [-0.2, 0) is 16.8 Å². The Bertz CT molecular complexity index is 434. The summed E-state index contributed by atoms with van der Waals surface area (Å²) in [5, 5.41) is 3.54. The van der Waals surface area contributed by atoms with Crippen molar-refractivity contribution in [2.75, 3.05) is 13.2 Å². The summed E-state index contributed by atoms with van der Waals surface area (Å²) in [5.74, 6) is -3.80. The molecule has 9 heteroatoms. The first-order valence-electron chi connectivity index (χ1n) is 5.66. The molecule has 1 aromatic rings. The van der Waals surface area contributed by atoms with E-state index in [4.69, 9.17) is 10.3 Å². The van der Waals surface area contributed by atoms with Crippen molar-refractivity contribution in [3.05, 3.63) is 11.7 Å². The van der Waals surface area contributed by atoms with E-state index in [1.807, 2.05) is 0 Å². The number of hydrogen-bond donors (Lipinski definition) is 1. The van der Waals surface area contributed by atoms with Crippen molar-refractivity contribution < 1.29 is 26.8 Å². The van der Waals surface area contributed by atoms with Gasteiger partial charge in [0.25, 0.3) is 0 Å². The second kappa shape index (κ2) is 5.04. The van der Waals surface area contributed by atoms with E-state index in [0.717, 1.165) is 12.8 Å². The Morgan fingerprint density at radius 3 is 2.63 bits per heavy atom. The molecule has 19 heavy (non-hydrogen) atoms. The highest BCUT2D eigenvalue weighted by molar-refractivity contribution is 5.16. The highest BCUT2D eigenvalue weighted by Crippen LogP contribution is 2.46. The van der Waals surface area contributed by atoms with Gasteiger partial charge in [0.2, 0.25) is 5.89 Å². The molecule has 0 aromatic carbocycles. The van der Waals surface area contributed by atoms with Crippen LogP contribution in [0.4, 0.5) is 17.6 Å². The summed E-state index contributed by atoms with van der Waals surface area (Å²) < 4.78 is 58.3. The molecule has 2 rings (SSSR count). The zero-order valence-corrected chi connectivity index (χ0v) is 9.91. The third-order valence-electron chi connectivity index (χ3n) is 3.01. The minimum Gasteiger partial charge on any atom is -0.367 e. The molecule has 1 aliphatic rings. The predicted octanol–water partition coefficient (Wildman–Crippen LogP) is 1.48. The quantitative estimate of drug-likeness (QED) is 0.767. The van der Waals surface area contributed by atoms with E-state index in [2.05, 4.69) is 14.9 Å². The molecule has 5 nitrogen and oxygen atoms in total. The lowest BCUT2D eigenvalue weighted by Gasteiger charge is -2.14. The van der Waals surface area contributed by atoms with E-state index < -0.39 is 25.6 Å². The van der Waals surface area contributed by atoms with Crippen molar-refractivity contribution in [2.45, 2.75) is 37.2 Å². The van der Waals surface area contributed by atoms with Crippen LogP contribution in [0.1, 0.15) is 24.6 Å². The molecule has 2 N–H and O–H groups in total. The number of aromatic nitrogens is 2. The molecule has 108 valence electrons. The SMILES string of the molecule is NCC1(c2nc(COCC(F)(F)C(F)F)no2)CC1. The van der Waals surface area contributed by atoms with E-state index >= 15 is 0 Å². The molecule has 0 unspecified atom stereocenters. The Morgan fingerprint density at radius 2 is 2.11 bits per heavy atom. The second-order valence-corrected chi connectivity index (χ2v) is 4.55. The van der Waals surface area contributed by atoms with Crippen molar-refractivity contribution in [3.63, 3.8) is 0 Å². The van der Waals surface area contributed by atoms with Gasteiger partial charge in [0.15, 0.2) is 5.82 Å². The summed E-state index contributed by atoms with van der Waals surface area (Å²) >= 11 is 0. The summed E-state index contributed by atoms with van der Waals surface area (Å²) in [5.41, 5.74) is 5.25. The molecule has 1 heterocycles. The lowest BCUT2D eigenvalue weighted by molar-refractivity contribution is -0.168. The Labute approximate surface area is 106 Å². The Morgan fingerprint density at radius 1 is 1.42 bits per heavy atom. The summed E-state index contributed by atoms with van der Waals surface area (Å²) in [6.45, 7) is -1.44. The van der Waals surface area contributed by atoms with Gasteiger partial charge in [-0.15, -0.1) is 0 Å². The molecule has 1 aromatic heterocycles. The molecule has 0 spiro atoms. The van der Waals surface area contributed by atoms with Crippen LogP contribution in [-0.4, -0.2) is 35.6 Å². The van der Waals surface area contributed by atoms with Crippen molar-refractivity contribution in [1.29, 1.82) is 0 Å². The van der Waals surface area contributed by atoms with Crippen LogP contribution in [0.3, 0.4) is 0 Å². The number of nitrogens with two attached hydrogens (primary N) is 1. The third kappa shape index (κ3) is 3.03. The molecule has 1 aliphatic carbocycles. The number of halogens is 4. The van der Waals surface area contributed by atoms with Crippen LogP contribution in [0.2, 0.25) is 0 Å². The normalized spacial score (nSPS) is 18.0. The topological polar surface area (TPSA) is 74.2 Å². The van der Waals surface area contributed by atoms with Crippen molar-refractivity contribution >= 4 is 0 Å². The maximum absolute atomic E-state index is 12.6. The monoisotopic (exact) mass is 283 g/mol. The van der Waals surface area contributed by atoms with E-state index in [1.54, 1.807) is 0 Å². The first-order chi connectivity index (χ1) is 8.89. The van der Waals surface area contributed by atoms with Gasteiger partial charge in [-0.2, -0.15) is 13.8 Å². The molecule has 0 amide bonds. The molecule has 0 atom stereocenters. The fourth-order valence-electron chi connectivity index (χ4n) is 1.53. The minimum atomic E-state index is -4.18. The van der Waals surface area contributed by atoms with Crippen molar-refractivity contribution in [1.82, 2.24) is 10.1 Å². The highest BCUT2D eigenvalue weighted by Gasteiger charge is 2.48. The Kier molecular flexibility index (Phi) is 3.77. The average molecular weight is 283 g/mol. The summed E-state index contributed by atoms with van der Waals surface area (Å²) in [4.78, 5) is 3.96. The van der Waals surface area contributed by atoms with Gasteiger partial charge >= 0.3 is 12.3 Å². The van der Waals surface area contributed by atoms with Gasteiger partial charge in [0.1, 0.15) is 13.2 Å². The lowest BCUT2D eigenvalue weighted by Crippen LogP contribution is -2.32. The number of nitrogens with zero attached hydrogens (tertiary/aromatic N) is 2. The standard InChI is InChI=1S/C10H13F4N3O2/c11-7(12)10(13,14)5-18-3-6-16-8(19-17-6)9(4-15)1-2-9/h7H,1-5,15H2. The van der Waals surface area contributed by atoms with Crippen LogP contribution in [0.5, 0.6) is 0 Å². The van der Waals surface area contributed by atoms with Crippen LogP contribution in [0.15, 0.2) is 4.52 Å². The highest BCUT2D eigenvalue weighted by atomic mass is 19.3. The summed E-state index contributed by atoms with van der Waals surface area (Å²) in [6.07, 6.45) is -2.11. The third-order valence-corrected chi connectivity index (χ3v) is 3.01. The summed E-state index contributed by atoms with van der Waals surface area (Å²) in [6, 6.07) is 0. The molecule has 0 saturated heterocycles. The molecule has 0 aliphatic heterocycles. The Balaban J connectivity index is 1.85. The maximum atomic E-state index is 12.6. The van der Waals surface area contributed by atoms with Crippen LogP contribution in [0, 0.1) is 0 Å². The largest absolute Gasteiger partial charge is 0.367 e. The van der Waals surface area contributed by atoms with E-state index in [9.17, 15) is 17.6 Å². The van der Waals surface area contributed by atoms with Gasteiger partial charge in [0, 0.05) is 6.54 Å². The van der Waals surface area contributed by atoms with E-state index in [-0.39, 0.29) is 11.2 Å². The molecular weight excluding hydrogens is 270 g/mol. The average Bonchev–Trinajstić information content (AvgIpc) is 3.02. The molecular formula is C10H13F4N3O2. The van der Waals surface area contributed by atoms with Gasteiger partial charge in [0.05, 0.1) is 5.41 Å². The fourth-order valence-corrected chi connectivity index (χ4v) is 1.53. The first kappa shape index (κ1) is 14.2. The fraction of sp³-hybridized carbons (Fsp3) is 0.800. The van der Waals surface area contributed by atoms with Crippen molar-refractivity contribution in [3.8, 4) is 0 Å². The van der Waals surface area contributed by atoms with Crippen LogP contribution in [0.25, 0.3) is 0 Å². The smallest absolute Gasteiger partial charge is 0.330 e. The predicted molar refractivity (Wildman–Crippen MR) is 54.9 cm³/mol. The van der Waals surface area contributed by atoms with Crippen LogP contribution < -0.4 is 5.73 Å². The molecule has 0 radical (unpaired) electrons. The zero-order chi connectivity index (χ0) is 14.1. The first-order valence-corrected chi connectivity index (χ1v) is 5.66. The number of alkyl halides is 4. The van der Waals surface area contributed by atoms with Crippen molar-refractivity contribution in [2.24, 2.45) is 5.73 Å². The molecule has 1 fully saturated rings. The van der Waals surface area contributed by atoms with Gasteiger partial charge < -0.3 is 15.0 Å². The van der Waals surface area contributed by atoms with Gasteiger partial charge in [-0.3, -0.25) is 0 Å². The minimum absolute atomic E-state index is 0.0415.